The van der Waals surface area contributed by atoms with Crippen molar-refractivity contribution in [3.05, 3.63) is 63.9 Å². The van der Waals surface area contributed by atoms with Crippen molar-refractivity contribution in [1.29, 1.82) is 0 Å². The lowest BCUT2D eigenvalue weighted by Crippen LogP contribution is -2.47. The van der Waals surface area contributed by atoms with Crippen LogP contribution in [0, 0.1) is 13.8 Å². The van der Waals surface area contributed by atoms with Gasteiger partial charge in [-0.2, -0.15) is 0 Å². The van der Waals surface area contributed by atoms with Crippen LogP contribution in [0.4, 0.5) is 0 Å². The molecule has 0 spiro atoms. The number of fused-ring (bicyclic) bond motifs is 1. The molecule has 9 heteroatoms. The number of sulfone groups is 1. The van der Waals surface area contributed by atoms with E-state index in [9.17, 15) is 18.0 Å². The third-order valence-electron chi connectivity index (χ3n) is 5.84. The Morgan fingerprint density at radius 1 is 1.19 bits per heavy atom. The average molecular weight is 472 g/mol. The van der Waals surface area contributed by atoms with Crippen LogP contribution in [-0.2, 0) is 14.6 Å². The number of thioether (sulfide) groups is 1. The summed E-state index contributed by atoms with van der Waals surface area (Å²) in [5.41, 5.74) is 2.34. The predicted octanol–water partition coefficient (Wildman–Crippen LogP) is 2.79. The van der Waals surface area contributed by atoms with Gasteiger partial charge in [-0.1, -0.05) is 36.0 Å². The molecule has 3 aromatic rings. The smallest absolute Gasteiger partial charge is 0.266 e. The van der Waals surface area contributed by atoms with E-state index in [1.165, 1.54) is 11.8 Å². The van der Waals surface area contributed by atoms with Gasteiger partial charge in [0, 0.05) is 0 Å². The van der Waals surface area contributed by atoms with Crippen molar-refractivity contribution in [1.82, 2.24) is 14.9 Å². The van der Waals surface area contributed by atoms with Gasteiger partial charge in [0.2, 0.25) is 5.91 Å². The Morgan fingerprint density at radius 2 is 1.94 bits per heavy atom. The molecule has 2 heterocycles. The second kappa shape index (κ2) is 8.37. The quantitative estimate of drug-likeness (QED) is 0.454. The number of hydrogen-bond acceptors (Lipinski definition) is 6. The highest BCUT2D eigenvalue weighted by Gasteiger charge is 2.39. The van der Waals surface area contributed by atoms with E-state index in [2.05, 4.69) is 10.3 Å². The third-order valence-corrected chi connectivity index (χ3v) is 8.68. The molecule has 1 unspecified atom stereocenters. The van der Waals surface area contributed by atoms with Gasteiger partial charge in [0.05, 0.1) is 39.4 Å². The number of hydrogen-bond donors (Lipinski definition) is 1. The number of carbonyl (C=O) groups excluding carboxylic acids is 1. The molecule has 0 aliphatic carbocycles. The summed E-state index contributed by atoms with van der Waals surface area (Å²) < 4.78 is 25.2. The first-order chi connectivity index (χ1) is 15.1. The molecule has 1 amide bonds. The van der Waals surface area contributed by atoms with E-state index >= 15 is 0 Å². The minimum atomic E-state index is -3.13. The van der Waals surface area contributed by atoms with Crippen LogP contribution in [0.1, 0.15) is 24.5 Å². The summed E-state index contributed by atoms with van der Waals surface area (Å²) in [6.45, 7) is 5.68. The van der Waals surface area contributed by atoms with E-state index in [4.69, 9.17) is 0 Å². The van der Waals surface area contributed by atoms with Crippen LogP contribution in [0.25, 0.3) is 16.6 Å². The van der Waals surface area contributed by atoms with E-state index in [0.717, 1.165) is 16.8 Å². The summed E-state index contributed by atoms with van der Waals surface area (Å²) in [7, 11) is -3.13. The summed E-state index contributed by atoms with van der Waals surface area (Å²) >= 11 is 1.17. The van der Waals surface area contributed by atoms with Crippen molar-refractivity contribution >= 4 is 38.4 Å². The Labute approximate surface area is 191 Å². The van der Waals surface area contributed by atoms with Crippen LogP contribution < -0.4 is 10.9 Å². The highest BCUT2D eigenvalue weighted by molar-refractivity contribution is 7.99. The predicted molar refractivity (Wildman–Crippen MR) is 127 cm³/mol. The van der Waals surface area contributed by atoms with Crippen molar-refractivity contribution in [2.45, 2.75) is 37.9 Å². The average Bonchev–Trinajstić information content (AvgIpc) is 3.01. The van der Waals surface area contributed by atoms with Crippen molar-refractivity contribution in [2.24, 2.45) is 0 Å². The molecular weight excluding hydrogens is 446 g/mol. The Bertz CT molecular complexity index is 1380. The highest BCUT2D eigenvalue weighted by Crippen LogP contribution is 2.26. The molecule has 7 nitrogen and oxygen atoms in total. The van der Waals surface area contributed by atoms with Crippen molar-refractivity contribution in [3.63, 3.8) is 0 Å². The molecule has 0 saturated carbocycles. The zero-order chi connectivity index (χ0) is 23.1. The van der Waals surface area contributed by atoms with E-state index in [1.807, 2.05) is 38.1 Å². The molecule has 1 aliphatic rings. The fraction of sp³-hybridized carbons (Fsp3) is 0.348. The number of benzene rings is 2. The zero-order valence-electron chi connectivity index (χ0n) is 18.2. The molecule has 1 atom stereocenters. The van der Waals surface area contributed by atoms with E-state index in [-0.39, 0.29) is 28.7 Å². The third kappa shape index (κ3) is 4.45. The highest BCUT2D eigenvalue weighted by atomic mass is 32.2. The topological polar surface area (TPSA) is 98.1 Å². The van der Waals surface area contributed by atoms with Gasteiger partial charge in [0.15, 0.2) is 15.0 Å². The number of para-hydroxylation sites is 1. The molecular formula is C23H25N3O4S2. The second-order valence-corrected chi connectivity index (χ2v) is 11.6. The number of amides is 1. The van der Waals surface area contributed by atoms with Crippen LogP contribution in [0.5, 0.6) is 0 Å². The Morgan fingerprint density at radius 3 is 2.66 bits per heavy atom. The van der Waals surface area contributed by atoms with Gasteiger partial charge in [0.1, 0.15) is 0 Å². The summed E-state index contributed by atoms with van der Waals surface area (Å²) in [6, 6.07) is 12.9. The monoisotopic (exact) mass is 471 g/mol. The molecule has 1 saturated heterocycles. The minimum absolute atomic E-state index is 0.0191. The van der Waals surface area contributed by atoms with Gasteiger partial charge >= 0.3 is 0 Å². The number of nitrogens with zero attached hydrogens (tertiary/aromatic N) is 2. The first kappa shape index (κ1) is 22.5. The minimum Gasteiger partial charge on any atom is -0.349 e. The van der Waals surface area contributed by atoms with Crippen LogP contribution in [0.2, 0.25) is 0 Å². The van der Waals surface area contributed by atoms with Gasteiger partial charge in [-0.25, -0.2) is 13.4 Å². The first-order valence-electron chi connectivity index (χ1n) is 10.3. The molecule has 0 radical (unpaired) electrons. The summed E-state index contributed by atoms with van der Waals surface area (Å²) in [5, 5.41) is 3.78. The SMILES string of the molecule is Cc1cccc(-n2c(SCC(=O)NC3(C)CCS(=O)(=O)C3)nc3ccccc3c2=O)c1C. The molecule has 0 bridgehead atoms. The second-order valence-electron chi connectivity index (χ2n) is 8.51. The number of nitrogens with one attached hydrogen (secondary N) is 1. The zero-order valence-corrected chi connectivity index (χ0v) is 19.8. The summed E-state index contributed by atoms with van der Waals surface area (Å²) in [4.78, 5) is 30.7. The summed E-state index contributed by atoms with van der Waals surface area (Å²) in [6.07, 6.45) is 0.396. The van der Waals surface area contributed by atoms with Gasteiger partial charge in [-0.3, -0.25) is 14.2 Å². The molecule has 2 aromatic carbocycles. The maximum absolute atomic E-state index is 13.4. The lowest BCUT2D eigenvalue weighted by atomic mass is 10.0. The van der Waals surface area contributed by atoms with Crippen molar-refractivity contribution in [3.8, 4) is 5.69 Å². The van der Waals surface area contributed by atoms with Crippen molar-refractivity contribution < 1.29 is 13.2 Å². The maximum atomic E-state index is 13.4. The largest absolute Gasteiger partial charge is 0.349 e. The van der Waals surface area contributed by atoms with Crippen molar-refractivity contribution in [2.75, 3.05) is 17.3 Å². The van der Waals surface area contributed by atoms with Crippen LogP contribution in [-0.4, -0.2) is 46.7 Å². The Hall–Kier alpha value is -2.65. The molecule has 168 valence electrons. The van der Waals surface area contributed by atoms with E-state index in [0.29, 0.717) is 22.5 Å². The fourth-order valence-electron chi connectivity index (χ4n) is 4.01. The van der Waals surface area contributed by atoms with Gasteiger partial charge in [-0.05, 0) is 56.5 Å². The van der Waals surface area contributed by atoms with E-state index in [1.54, 1.807) is 29.7 Å². The molecule has 1 fully saturated rings. The first-order valence-corrected chi connectivity index (χ1v) is 13.1. The lowest BCUT2D eigenvalue weighted by Gasteiger charge is -2.24. The standard InChI is InChI=1S/C23H25N3O4S2/c1-15-7-6-10-19(16(15)2)26-21(28)17-8-4-5-9-18(17)24-22(26)31-13-20(27)25-23(3)11-12-32(29,30)14-23/h4-10H,11-14H2,1-3H3,(H,25,27). The maximum Gasteiger partial charge on any atom is 0.266 e. The van der Waals surface area contributed by atoms with Crippen LogP contribution >= 0.6 is 11.8 Å². The number of aryl methyl sites for hydroxylation is 1. The number of rotatable bonds is 5. The molecule has 1 N–H and O–H groups in total. The number of aromatic nitrogens is 2. The van der Waals surface area contributed by atoms with Crippen LogP contribution in [0.3, 0.4) is 0 Å². The normalized spacial score (nSPS) is 19.8. The number of carbonyl (C=O) groups is 1. The van der Waals surface area contributed by atoms with Gasteiger partial charge in [0.25, 0.3) is 5.56 Å². The lowest BCUT2D eigenvalue weighted by molar-refractivity contribution is -0.120. The van der Waals surface area contributed by atoms with E-state index < -0.39 is 15.4 Å². The summed E-state index contributed by atoms with van der Waals surface area (Å²) in [5.74, 6) is -0.247. The Balaban J connectivity index is 1.68. The van der Waals surface area contributed by atoms with Gasteiger partial charge < -0.3 is 5.32 Å². The molecule has 1 aromatic heterocycles. The van der Waals surface area contributed by atoms with Gasteiger partial charge in [-0.15, -0.1) is 0 Å². The Kier molecular flexibility index (Phi) is 5.89. The molecule has 4 rings (SSSR count). The fourth-order valence-corrected chi connectivity index (χ4v) is 6.91. The molecule has 1 aliphatic heterocycles. The van der Waals surface area contributed by atoms with Crippen LogP contribution in [0.15, 0.2) is 52.4 Å². The molecule has 32 heavy (non-hydrogen) atoms.